The molecule has 0 aromatic carbocycles. The monoisotopic (exact) mass is 850 g/mol. The summed E-state index contributed by atoms with van der Waals surface area (Å²) in [6.45, 7) is 3.51. The van der Waals surface area contributed by atoms with Crippen LogP contribution in [0.4, 0.5) is 0 Å². The quantitative estimate of drug-likeness (QED) is 0.0121. The van der Waals surface area contributed by atoms with Gasteiger partial charge in [0.15, 0.2) is 6.10 Å². The van der Waals surface area contributed by atoms with E-state index in [0.29, 0.717) is 38.0 Å². The molecule has 0 radical (unpaired) electrons. The molecule has 15 nitrogen and oxygen atoms in total. The van der Waals surface area contributed by atoms with Crippen molar-refractivity contribution in [2.45, 2.75) is 135 Å². The smallest absolute Gasteiger partial charge is 0.462 e. The average molecular weight is 851 g/mol. The van der Waals surface area contributed by atoms with Crippen LogP contribution >= 0.6 is 15.6 Å². The Morgan fingerprint density at radius 2 is 1.19 bits per heavy atom. The minimum absolute atomic E-state index is 0.0101. The van der Waals surface area contributed by atoms with E-state index in [1.54, 1.807) is 42.5 Å². The number of hydrogen-bond acceptors (Lipinski definition) is 12. The van der Waals surface area contributed by atoms with Gasteiger partial charge in [0.05, 0.1) is 32.0 Å². The number of esters is 2. The second-order valence-corrected chi connectivity index (χ2v) is 16.4. The molecule has 6 N–H and O–H groups in total. The minimum Gasteiger partial charge on any atom is -0.462 e. The van der Waals surface area contributed by atoms with Crippen LogP contribution in [0.25, 0.3) is 0 Å². The molecule has 17 heteroatoms. The van der Waals surface area contributed by atoms with E-state index in [1.807, 2.05) is 37.3 Å². The Labute approximate surface area is 339 Å². The van der Waals surface area contributed by atoms with Gasteiger partial charge in [-0.25, -0.2) is 9.13 Å². The van der Waals surface area contributed by atoms with Gasteiger partial charge < -0.3 is 39.5 Å². The van der Waals surface area contributed by atoms with Gasteiger partial charge in [0.2, 0.25) is 0 Å². The standard InChI is InChI=1S/C40H68O15P2/c1-4-5-16-24-35(41)26-19-14-15-20-27-36(42)25-18-11-7-9-12-21-28-39(44)51-32-38(55-40(45)29-22-13-8-6-10-17-23-34(2)3)33-54-57(49,50)53-31-37(43)30-52-56(46,47)48/h5,9,11-12,14-16,18-20,26-27,34-38,41-43H,4,6-8,10,13,17,21-25,28-33H2,1-3H3,(H,49,50)(H2,46,47,48)/b12-9-,15-14-,16-5-,18-11-,26-19+,27-20+/t35-,36+,37+,38-/m1/s1. The van der Waals surface area contributed by atoms with E-state index in [2.05, 4.69) is 22.9 Å². The summed E-state index contributed by atoms with van der Waals surface area (Å²) < 4.78 is 47.4. The normalized spacial score (nSPS) is 16.1. The summed E-state index contributed by atoms with van der Waals surface area (Å²) in [5.41, 5.74) is 0. The highest BCUT2D eigenvalue weighted by Crippen LogP contribution is 2.43. The summed E-state index contributed by atoms with van der Waals surface area (Å²) in [4.78, 5) is 52.4. The maximum atomic E-state index is 12.6. The van der Waals surface area contributed by atoms with Crippen molar-refractivity contribution in [3.63, 3.8) is 0 Å². The second-order valence-electron chi connectivity index (χ2n) is 13.7. The predicted molar refractivity (Wildman–Crippen MR) is 219 cm³/mol. The van der Waals surface area contributed by atoms with E-state index < -0.39 is 78.4 Å². The summed E-state index contributed by atoms with van der Waals surface area (Å²) in [7, 11) is -9.72. The molecule has 0 saturated heterocycles. The lowest BCUT2D eigenvalue weighted by atomic mass is 10.0. The molecular formula is C40H68O15P2. The van der Waals surface area contributed by atoms with Crippen LogP contribution in [-0.2, 0) is 41.8 Å². The molecule has 57 heavy (non-hydrogen) atoms. The molecule has 0 aromatic heterocycles. The Morgan fingerprint density at radius 3 is 1.81 bits per heavy atom. The molecule has 0 fully saturated rings. The third-order valence-electron chi connectivity index (χ3n) is 7.71. The highest BCUT2D eigenvalue weighted by atomic mass is 31.2. The zero-order valence-electron chi connectivity index (χ0n) is 33.8. The summed E-state index contributed by atoms with van der Waals surface area (Å²) in [6.07, 6.45) is 27.5. The number of carbonyl (C=O) groups excluding carboxylic acids is 2. The fourth-order valence-corrected chi connectivity index (χ4v) is 5.83. The van der Waals surface area contributed by atoms with Gasteiger partial charge in [-0.3, -0.25) is 23.2 Å². The molecule has 328 valence electrons. The minimum atomic E-state index is -4.88. The third-order valence-corrected chi connectivity index (χ3v) is 9.14. The molecule has 0 amide bonds. The van der Waals surface area contributed by atoms with E-state index in [4.69, 9.17) is 23.8 Å². The highest BCUT2D eigenvalue weighted by molar-refractivity contribution is 7.47. The Balaban J connectivity index is 4.75. The molecule has 0 spiro atoms. The molecule has 1 unspecified atom stereocenters. The van der Waals surface area contributed by atoms with Crippen LogP contribution in [0, 0.1) is 5.92 Å². The Kier molecular flexibility index (Phi) is 32.8. The maximum Gasteiger partial charge on any atom is 0.472 e. The number of rotatable bonds is 35. The van der Waals surface area contributed by atoms with Crippen molar-refractivity contribution in [3.05, 3.63) is 72.9 Å². The number of hydrogen-bond donors (Lipinski definition) is 6. The number of ether oxygens (including phenoxy) is 2. The molecule has 0 aromatic rings. The largest absolute Gasteiger partial charge is 0.472 e. The number of aliphatic hydroxyl groups excluding tert-OH is 3. The molecule has 0 bridgehead atoms. The van der Waals surface area contributed by atoms with Gasteiger partial charge in [-0.05, 0) is 44.4 Å². The van der Waals surface area contributed by atoms with E-state index >= 15 is 0 Å². The van der Waals surface area contributed by atoms with E-state index in [0.717, 1.165) is 32.1 Å². The van der Waals surface area contributed by atoms with Gasteiger partial charge in [-0.2, -0.15) is 0 Å². The zero-order valence-corrected chi connectivity index (χ0v) is 35.6. The summed E-state index contributed by atoms with van der Waals surface area (Å²) in [6, 6.07) is 0. The lowest BCUT2D eigenvalue weighted by molar-refractivity contribution is -0.161. The van der Waals surface area contributed by atoms with Crippen LogP contribution in [0.3, 0.4) is 0 Å². The number of allylic oxidation sites excluding steroid dienone is 8. The molecule has 0 heterocycles. The fourth-order valence-electron chi connectivity index (χ4n) is 4.67. The first-order valence-electron chi connectivity index (χ1n) is 19.7. The molecule has 5 atom stereocenters. The number of carbonyl (C=O) groups is 2. The fraction of sp³-hybridized carbons (Fsp3) is 0.650. The Hall–Kier alpha value is -2.52. The van der Waals surface area contributed by atoms with E-state index in [-0.39, 0.29) is 12.8 Å². The summed E-state index contributed by atoms with van der Waals surface area (Å²) >= 11 is 0. The topological polar surface area (TPSA) is 236 Å². The van der Waals surface area contributed by atoms with Crippen molar-refractivity contribution in [2.75, 3.05) is 26.4 Å². The third kappa shape index (κ3) is 38.7. The van der Waals surface area contributed by atoms with Crippen molar-refractivity contribution in [2.24, 2.45) is 5.92 Å². The second kappa shape index (κ2) is 34.4. The van der Waals surface area contributed by atoms with Crippen LogP contribution in [0.15, 0.2) is 72.9 Å². The van der Waals surface area contributed by atoms with Crippen LogP contribution in [0.1, 0.15) is 111 Å². The summed E-state index contributed by atoms with van der Waals surface area (Å²) in [5.74, 6) is -0.542. The van der Waals surface area contributed by atoms with Gasteiger partial charge in [-0.1, -0.05) is 132 Å². The van der Waals surface area contributed by atoms with Crippen LogP contribution in [0.2, 0.25) is 0 Å². The van der Waals surface area contributed by atoms with Gasteiger partial charge in [0, 0.05) is 12.8 Å². The van der Waals surface area contributed by atoms with Crippen molar-refractivity contribution in [1.29, 1.82) is 0 Å². The van der Waals surface area contributed by atoms with Gasteiger partial charge in [0.1, 0.15) is 12.7 Å². The van der Waals surface area contributed by atoms with Crippen molar-refractivity contribution in [3.8, 4) is 0 Å². The van der Waals surface area contributed by atoms with Crippen LogP contribution in [-0.4, -0.2) is 92.8 Å². The lowest BCUT2D eigenvalue weighted by Crippen LogP contribution is -2.29. The number of phosphoric acid groups is 2. The average Bonchev–Trinajstić information content (AvgIpc) is 3.14. The van der Waals surface area contributed by atoms with E-state index in [9.17, 15) is 38.9 Å². The van der Waals surface area contributed by atoms with Crippen LogP contribution < -0.4 is 0 Å². The van der Waals surface area contributed by atoms with Gasteiger partial charge in [-0.15, -0.1) is 0 Å². The Morgan fingerprint density at radius 1 is 0.632 bits per heavy atom. The first-order valence-corrected chi connectivity index (χ1v) is 22.7. The maximum absolute atomic E-state index is 12.6. The first-order chi connectivity index (χ1) is 27.0. The number of phosphoric ester groups is 2. The molecule has 0 aliphatic carbocycles. The van der Waals surface area contributed by atoms with Crippen molar-refractivity contribution < 1.29 is 71.8 Å². The SMILES string of the molecule is CC/C=C\C[C@@H](O)/C=C/C=C\C=C\[C@@H](O)C/C=C\C/C=C\CCC(=O)OC[C@H](COP(=O)(O)OC[C@@H](O)COP(=O)(O)O)OC(=O)CCCCCCCCC(C)C. The van der Waals surface area contributed by atoms with Gasteiger partial charge in [0.25, 0.3) is 0 Å². The molecule has 0 rings (SSSR count). The lowest BCUT2D eigenvalue weighted by Gasteiger charge is -2.20. The summed E-state index contributed by atoms with van der Waals surface area (Å²) in [5, 5.41) is 29.6. The molecule has 0 aliphatic heterocycles. The van der Waals surface area contributed by atoms with Crippen molar-refractivity contribution >= 4 is 27.6 Å². The molecular weight excluding hydrogens is 782 g/mol. The molecule has 0 saturated carbocycles. The van der Waals surface area contributed by atoms with Crippen LogP contribution in [0.5, 0.6) is 0 Å². The predicted octanol–water partition coefficient (Wildman–Crippen LogP) is 7.24. The molecule has 0 aliphatic rings. The van der Waals surface area contributed by atoms with Crippen molar-refractivity contribution in [1.82, 2.24) is 0 Å². The Bertz CT molecular complexity index is 1340. The first kappa shape index (κ1) is 54.5. The number of unbranched alkanes of at least 4 members (excludes halogenated alkanes) is 5. The van der Waals surface area contributed by atoms with Gasteiger partial charge >= 0.3 is 27.6 Å². The highest BCUT2D eigenvalue weighted by Gasteiger charge is 2.28. The van der Waals surface area contributed by atoms with E-state index in [1.165, 1.54) is 12.8 Å². The number of aliphatic hydroxyl groups is 3. The zero-order chi connectivity index (χ0) is 42.8.